The molecule has 0 aliphatic rings. The maximum Gasteiger partial charge on any atom is 0.234 e. The van der Waals surface area contributed by atoms with Gasteiger partial charge in [0, 0.05) is 5.69 Å². The molecule has 6 nitrogen and oxygen atoms in total. The van der Waals surface area contributed by atoms with Gasteiger partial charge in [-0.05, 0) is 69.5 Å². The number of carbonyl (C=O) groups excluding carboxylic acids is 1. The number of amides is 1. The van der Waals surface area contributed by atoms with E-state index in [1.165, 1.54) is 17.3 Å². The molecule has 1 amide bonds. The first-order valence-corrected chi connectivity index (χ1v) is 12.0. The zero-order valence-electron chi connectivity index (χ0n) is 20.0. The van der Waals surface area contributed by atoms with Crippen LogP contribution in [0.1, 0.15) is 27.8 Å². The van der Waals surface area contributed by atoms with Crippen molar-refractivity contribution in [3.63, 3.8) is 0 Å². The predicted molar refractivity (Wildman–Crippen MR) is 138 cm³/mol. The van der Waals surface area contributed by atoms with Crippen LogP contribution in [0.25, 0.3) is 17.1 Å². The van der Waals surface area contributed by atoms with E-state index in [0.717, 1.165) is 33.6 Å². The molecule has 0 fully saturated rings. The number of aromatic hydroxyl groups is 1. The van der Waals surface area contributed by atoms with Crippen LogP contribution in [0.15, 0.2) is 59.8 Å². The third kappa shape index (κ3) is 4.84. The number of hydrogen-bond acceptors (Lipinski definition) is 5. The van der Waals surface area contributed by atoms with Gasteiger partial charge in [0.15, 0.2) is 11.0 Å². The summed E-state index contributed by atoms with van der Waals surface area (Å²) in [5, 5.41) is 22.9. The zero-order valence-corrected chi connectivity index (χ0v) is 20.8. The first kappa shape index (κ1) is 23.6. The zero-order chi connectivity index (χ0) is 24.4. The molecule has 0 atom stereocenters. The standard InChI is InChI=1S/C27H28N4O2S/c1-16-10-11-22(18(3)12-16)31-26(21-8-6-7-9-23(21)32)29-30-27(31)34-15-24(33)28-25-19(4)13-17(2)14-20(25)5/h6-14,32H,15H2,1-5H3,(H,28,33). The SMILES string of the molecule is Cc1ccc(-n2c(SCC(=O)Nc3c(C)cc(C)cc3C)nnc2-c2ccccc2O)c(C)c1. The molecule has 34 heavy (non-hydrogen) atoms. The summed E-state index contributed by atoms with van der Waals surface area (Å²) in [5.41, 5.74) is 7.78. The Balaban J connectivity index is 1.66. The molecule has 0 aliphatic carbocycles. The number of nitrogens with zero attached hydrogens (tertiary/aromatic N) is 3. The predicted octanol–water partition coefficient (Wildman–Crippen LogP) is 5.91. The largest absolute Gasteiger partial charge is 0.507 e. The normalized spacial score (nSPS) is 11.0. The number of anilines is 1. The van der Waals surface area contributed by atoms with E-state index in [-0.39, 0.29) is 17.4 Å². The Hall–Kier alpha value is -3.58. The van der Waals surface area contributed by atoms with E-state index in [1.807, 2.05) is 63.5 Å². The smallest absolute Gasteiger partial charge is 0.234 e. The maximum absolute atomic E-state index is 12.8. The van der Waals surface area contributed by atoms with Crippen LogP contribution in [0.5, 0.6) is 5.75 Å². The lowest BCUT2D eigenvalue weighted by Crippen LogP contribution is -2.16. The van der Waals surface area contributed by atoms with Gasteiger partial charge in [0.05, 0.1) is 17.0 Å². The van der Waals surface area contributed by atoms with E-state index in [9.17, 15) is 9.90 Å². The number of aryl methyl sites for hydroxylation is 5. The minimum atomic E-state index is -0.112. The van der Waals surface area contributed by atoms with E-state index in [0.29, 0.717) is 16.5 Å². The lowest BCUT2D eigenvalue weighted by Gasteiger charge is -2.15. The molecule has 3 aromatic carbocycles. The highest BCUT2D eigenvalue weighted by atomic mass is 32.2. The van der Waals surface area contributed by atoms with Crippen LogP contribution in [-0.2, 0) is 4.79 Å². The number of hydrogen-bond donors (Lipinski definition) is 2. The lowest BCUT2D eigenvalue weighted by atomic mass is 10.1. The average Bonchev–Trinajstić information content (AvgIpc) is 3.18. The Bertz CT molecular complexity index is 1350. The molecular weight excluding hydrogens is 444 g/mol. The summed E-state index contributed by atoms with van der Waals surface area (Å²) >= 11 is 1.31. The van der Waals surface area contributed by atoms with Crippen LogP contribution in [-0.4, -0.2) is 31.5 Å². The molecule has 2 N–H and O–H groups in total. The summed E-state index contributed by atoms with van der Waals surface area (Å²) in [4.78, 5) is 12.8. The first-order chi connectivity index (χ1) is 16.2. The van der Waals surface area contributed by atoms with Gasteiger partial charge in [0.2, 0.25) is 5.91 Å². The van der Waals surface area contributed by atoms with E-state index >= 15 is 0 Å². The van der Waals surface area contributed by atoms with E-state index < -0.39 is 0 Å². The van der Waals surface area contributed by atoms with Gasteiger partial charge < -0.3 is 10.4 Å². The number of phenolic OH excluding ortho intramolecular Hbond substituents is 1. The maximum atomic E-state index is 12.8. The Kier molecular flexibility index (Phi) is 6.75. The fourth-order valence-corrected chi connectivity index (χ4v) is 4.90. The van der Waals surface area contributed by atoms with Crippen molar-refractivity contribution in [2.24, 2.45) is 0 Å². The van der Waals surface area contributed by atoms with Gasteiger partial charge >= 0.3 is 0 Å². The Morgan fingerprint density at radius 2 is 1.59 bits per heavy atom. The number of nitrogens with one attached hydrogen (secondary N) is 1. The molecule has 0 radical (unpaired) electrons. The molecule has 4 aromatic rings. The Morgan fingerprint density at radius 1 is 0.912 bits per heavy atom. The lowest BCUT2D eigenvalue weighted by molar-refractivity contribution is -0.113. The summed E-state index contributed by atoms with van der Waals surface area (Å²) < 4.78 is 1.91. The number of rotatable bonds is 6. The number of benzene rings is 3. The van der Waals surface area contributed by atoms with Crippen LogP contribution < -0.4 is 5.32 Å². The molecular formula is C27H28N4O2S. The third-order valence-corrected chi connectivity index (χ3v) is 6.57. The van der Waals surface area contributed by atoms with E-state index in [1.54, 1.807) is 12.1 Å². The second kappa shape index (κ2) is 9.73. The number of aromatic nitrogens is 3. The second-order valence-corrected chi connectivity index (χ2v) is 9.50. The second-order valence-electron chi connectivity index (χ2n) is 8.56. The number of thioether (sulfide) groups is 1. The average molecular weight is 473 g/mol. The molecule has 0 unspecified atom stereocenters. The number of phenols is 1. The summed E-state index contributed by atoms with van der Waals surface area (Å²) in [6, 6.07) is 17.3. The van der Waals surface area contributed by atoms with Gasteiger partial charge in [-0.25, -0.2) is 0 Å². The fraction of sp³-hybridized carbons (Fsp3) is 0.222. The number of para-hydroxylation sites is 1. The summed E-state index contributed by atoms with van der Waals surface area (Å²) in [7, 11) is 0. The summed E-state index contributed by atoms with van der Waals surface area (Å²) in [6.07, 6.45) is 0. The van der Waals surface area contributed by atoms with Crippen LogP contribution in [0, 0.1) is 34.6 Å². The van der Waals surface area contributed by atoms with Crippen molar-refractivity contribution in [3.8, 4) is 22.8 Å². The van der Waals surface area contributed by atoms with Gasteiger partial charge in [-0.1, -0.05) is 59.3 Å². The Labute approximate surface area is 204 Å². The third-order valence-electron chi connectivity index (χ3n) is 5.65. The van der Waals surface area contributed by atoms with Crippen molar-refractivity contribution in [1.82, 2.24) is 14.8 Å². The summed E-state index contributed by atoms with van der Waals surface area (Å²) in [5.74, 6) is 0.717. The molecule has 0 saturated carbocycles. The summed E-state index contributed by atoms with van der Waals surface area (Å²) in [6.45, 7) is 10.1. The van der Waals surface area contributed by atoms with Crippen LogP contribution in [0.4, 0.5) is 5.69 Å². The fourth-order valence-electron chi connectivity index (χ4n) is 4.16. The van der Waals surface area contributed by atoms with Crippen molar-refractivity contribution in [2.45, 2.75) is 39.8 Å². The first-order valence-electron chi connectivity index (χ1n) is 11.1. The van der Waals surface area contributed by atoms with Crippen molar-refractivity contribution in [2.75, 3.05) is 11.1 Å². The monoisotopic (exact) mass is 472 g/mol. The molecule has 1 heterocycles. The molecule has 1 aromatic heterocycles. The van der Waals surface area contributed by atoms with Gasteiger partial charge in [-0.3, -0.25) is 9.36 Å². The van der Waals surface area contributed by atoms with Crippen molar-refractivity contribution in [1.29, 1.82) is 0 Å². The van der Waals surface area contributed by atoms with Gasteiger partial charge in [0.25, 0.3) is 0 Å². The van der Waals surface area contributed by atoms with Gasteiger partial charge in [-0.2, -0.15) is 0 Å². The van der Waals surface area contributed by atoms with Gasteiger partial charge in [-0.15, -0.1) is 10.2 Å². The highest BCUT2D eigenvalue weighted by Crippen LogP contribution is 2.34. The van der Waals surface area contributed by atoms with E-state index in [4.69, 9.17) is 0 Å². The highest BCUT2D eigenvalue weighted by molar-refractivity contribution is 7.99. The molecule has 174 valence electrons. The molecule has 0 aliphatic heterocycles. The quantitative estimate of drug-likeness (QED) is 0.341. The van der Waals surface area contributed by atoms with Gasteiger partial charge in [0.1, 0.15) is 5.75 Å². The number of carbonyl (C=O) groups is 1. The molecule has 0 saturated heterocycles. The minimum Gasteiger partial charge on any atom is -0.507 e. The van der Waals surface area contributed by atoms with Crippen LogP contribution in [0.3, 0.4) is 0 Å². The molecule has 7 heteroatoms. The van der Waals surface area contributed by atoms with Crippen molar-refractivity contribution >= 4 is 23.4 Å². The molecule has 0 bridgehead atoms. The van der Waals surface area contributed by atoms with E-state index in [2.05, 4.69) is 33.7 Å². The van der Waals surface area contributed by atoms with Crippen LogP contribution in [0.2, 0.25) is 0 Å². The molecule has 0 spiro atoms. The topological polar surface area (TPSA) is 80.0 Å². The van der Waals surface area contributed by atoms with Crippen molar-refractivity contribution < 1.29 is 9.90 Å². The highest BCUT2D eigenvalue weighted by Gasteiger charge is 2.20. The van der Waals surface area contributed by atoms with Crippen LogP contribution >= 0.6 is 11.8 Å². The van der Waals surface area contributed by atoms with Crippen molar-refractivity contribution in [3.05, 3.63) is 82.4 Å². The Morgan fingerprint density at radius 3 is 2.26 bits per heavy atom. The minimum absolute atomic E-state index is 0.112. The molecule has 4 rings (SSSR count).